The highest BCUT2D eigenvalue weighted by Gasteiger charge is 2.30. The number of rotatable bonds is 20. The van der Waals surface area contributed by atoms with Crippen molar-refractivity contribution in [1.82, 2.24) is 0 Å². The van der Waals surface area contributed by atoms with Gasteiger partial charge in [0.25, 0.3) is 0 Å². The molecule has 2 heteroatoms. The lowest BCUT2D eigenvalue weighted by molar-refractivity contribution is 0.228. The topological polar surface area (TPSA) is 0 Å². The fourth-order valence-corrected chi connectivity index (χ4v) is 9.01. The minimum absolute atomic E-state index is 0.976. The van der Waals surface area contributed by atoms with Gasteiger partial charge in [-0.3, -0.25) is 0 Å². The van der Waals surface area contributed by atoms with E-state index in [4.69, 9.17) is 0 Å². The average Bonchev–Trinajstić information content (AvgIpc) is 2.89. The second-order valence-electron chi connectivity index (χ2n) is 11.2. The van der Waals surface area contributed by atoms with Crippen molar-refractivity contribution in [2.24, 2.45) is 11.8 Å². The molecule has 2 aromatic carbocycles. The Hall–Kier alpha value is -0.700. The quantitative estimate of drug-likeness (QED) is 0.119. The Morgan fingerprint density at radius 1 is 0.528 bits per heavy atom. The van der Waals surface area contributed by atoms with Gasteiger partial charge in [0, 0.05) is 0 Å². The van der Waals surface area contributed by atoms with Gasteiger partial charge in [-0.05, 0) is 84.4 Å². The fraction of sp³-hybridized carbons (Fsp3) is 0.647. The van der Waals surface area contributed by atoms with Gasteiger partial charge in [0.15, 0.2) is 0 Å². The Labute approximate surface area is 227 Å². The number of aryl methyl sites for hydroxylation is 2. The third-order valence-electron chi connectivity index (χ3n) is 8.32. The van der Waals surface area contributed by atoms with Gasteiger partial charge >= 0.3 is 0 Å². The smallest absolute Gasteiger partial charge is 0.0239 e. The van der Waals surface area contributed by atoms with Gasteiger partial charge < -0.3 is 0 Å². The normalized spacial score (nSPS) is 17.9. The van der Waals surface area contributed by atoms with E-state index in [9.17, 15) is 0 Å². The minimum atomic E-state index is 0.976. The first-order valence-electron chi connectivity index (χ1n) is 15.4. The maximum absolute atomic E-state index is 2.43. The predicted octanol–water partition coefficient (Wildman–Crippen LogP) is 9.83. The van der Waals surface area contributed by atoms with Crippen LogP contribution in [0, 0.1) is 11.8 Å². The van der Waals surface area contributed by atoms with Crippen LogP contribution in [0.5, 0.6) is 0 Å². The van der Waals surface area contributed by atoms with E-state index >= 15 is 0 Å². The molecule has 0 N–H and O–H groups in total. The molecule has 0 heterocycles. The maximum Gasteiger partial charge on any atom is -0.0239 e. The maximum atomic E-state index is 2.43. The monoisotopic (exact) mass is 524 g/mol. The van der Waals surface area contributed by atoms with Crippen LogP contribution in [0.4, 0.5) is 0 Å². The van der Waals surface area contributed by atoms with Gasteiger partial charge in [-0.25, -0.2) is 0 Å². The number of hydrogen-bond donors (Lipinski definition) is 0. The molecule has 36 heavy (non-hydrogen) atoms. The molecule has 0 nitrogen and oxygen atoms in total. The van der Waals surface area contributed by atoms with Crippen molar-refractivity contribution in [2.75, 3.05) is 12.3 Å². The van der Waals surface area contributed by atoms with Gasteiger partial charge in [0.05, 0.1) is 0 Å². The third-order valence-corrected chi connectivity index (χ3v) is 11.5. The Kier molecular flexibility index (Phi) is 15.4. The van der Waals surface area contributed by atoms with Gasteiger partial charge in [-0.2, -0.15) is 0 Å². The first-order chi connectivity index (χ1) is 17.8. The summed E-state index contributed by atoms with van der Waals surface area (Å²) in [5, 5.41) is 3.34. The Bertz CT molecular complexity index is 760. The molecule has 200 valence electrons. The van der Waals surface area contributed by atoms with E-state index in [2.05, 4.69) is 62.4 Å². The van der Waals surface area contributed by atoms with Crippen LogP contribution in [0.3, 0.4) is 0 Å². The highest BCUT2D eigenvalue weighted by Crippen LogP contribution is 2.41. The molecule has 1 fully saturated rings. The summed E-state index contributed by atoms with van der Waals surface area (Å²) in [6.45, 7) is 4.61. The standard InChI is InChI=1S/C34H54P2/c1-3-5-7-9-11-13-19-29-21-15-17-23-33(29)35-27-31-25-26-32(31)28-36-34-24-18-16-22-30(34)20-14-12-10-8-6-4-2/h15-18,21-24,31-32,35-36H,3-14,19-20,25-28H2,1-2H3. The van der Waals surface area contributed by atoms with Crippen LogP contribution < -0.4 is 10.6 Å². The molecule has 0 spiro atoms. The van der Waals surface area contributed by atoms with Crippen LogP contribution in [0.1, 0.15) is 115 Å². The summed E-state index contributed by atoms with van der Waals surface area (Å²) >= 11 is 0. The van der Waals surface area contributed by atoms with E-state index in [1.165, 1.54) is 115 Å². The summed E-state index contributed by atoms with van der Waals surface area (Å²) in [5.41, 5.74) is 3.29. The minimum Gasteiger partial charge on any atom is -0.0898 e. The molecule has 0 aromatic heterocycles. The summed E-state index contributed by atoms with van der Waals surface area (Å²) in [5.74, 6) is 1.95. The van der Waals surface area contributed by atoms with E-state index in [0.29, 0.717) is 0 Å². The van der Waals surface area contributed by atoms with Gasteiger partial charge in [0.1, 0.15) is 0 Å². The molecule has 1 aliphatic carbocycles. The van der Waals surface area contributed by atoms with Crippen LogP contribution in [0.2, 0.25) is 0 Å². The molecule has 0 amide bonds. The van der Waals surface area contributed by atoms with E-state index in [1.54, 1.807) is 21.7 Å². The highest BCUT2D eigenvalue weighted by atomic mass is 31.1. The molecular formula is C34H54P2. The second kappa shape index (κ2) is 18.5. The molecule has 0 radical (unpaired) electrons. The van der Waals surface area contributed by atoms with E-state index in [-0.39, 0.29) is 0 Å². The van der Waals surface area contributed by atoms with Crippen LogP contribution in [0.25, 0.3) is 0 Å². The van der Waals surface area contributed by atoms with Crippen LogP contribution in [-0.4, -0.2) is 12.3 Å². The molecule has 3 rings (SSSR count). The number of unbranched alkanes of at least 4 members (excludes halogenated alkanes) is 10. The third kappa shape index (κ3) is 11.0. The summed E-state index contributed by atoms with van der Waals surface area (Å²) < 4.78 is 0. The largest absolute Gasteiger partial charge is 0.0898 e. The summed E-state index contributed by atoms with van der Waals surface area (Å²) in [4.78, 5) is 0. The molecule has 4 unspecified atom stereocenters. The lowest BCUT2D eigenvalue weighted by atomic mass is 9.76. The van der Waals surface area contributed by atoms with Crippen LogP contribution >= 0.6 is 17.2 Å². The predicted molar refractivity (Wildman–Crippen MR) is 169 cm³/mol. The summed E-state index contributed by atoms with van der Waals surface area (Å²) in [6, 6.07) is 18.7. The van der Waals surface area contributed by atoms with E-state index < -0.39 is 0 Å². The fourth-order valence-electron chi connectivity index (χ4n) is 5.67. The molecule has 0 saturated heterocycles. The van der Waals surface area contributed by atoms with Gasteiger partial charge in [-0.15, -0.1) is 0 Å². The molecular weight excluding hydrogens is 470 g/mol. The van der Waals surface area contributed by atoms with Gasteiger partial charge in [0.2, 0.25) is 0 Å². The molecule has 0 aliphatic heterocycles. The first kappa shape index (κ1) is 29.9. The van der Waals surface area contributed by atoms with Crippen LogP contribution in [-0.2, 0) is 12.8 Å². The van der Waals surface area contributed by atoms with E-state index in [1.807, 2.05) is 0 Å². The summed E-state index contributed by atoms with van der Waals surface area (Å²) in [6.07, 6.45) is 25.1. The summed E-state index contributed by atoms with van der Waals surface area (Å²) in [7, 11) is 2.02. The number of benzene rings is 2. The lowest BCUT2D eigenvalue weighted by Gasteiger charge is -2.37. The van der Waals surface area contributed by atoms with E-state index in [0.717, 1.165) is 29.0 Å². The Morgan fingerprint density at radius 2 is 0.917 bits per heavy atom. The lowest BCUT2D eigenvalue weighted by Crippen LogP contribution is -2.30. The van der Waals surface area contributed by atoms with Gasteiger partial charge in [-0.1, -0.05) is 144 Å². The number of hydrogen-bond acceptors (Lipinski definition) is 0. The van der Waals surface area contributed by atoms with Crippen molar-refractivity contribution in [3.63, 3.8) is 0 Å². The first-order valence-corrected chi connectivity index (χ1v) is 17.9. The zero-order valence-corrected chi connectivity index (χ0v) is 25.5. The van der Waals surface area contributed by atoms with Crippen molar-refractivity contribution in [3.8, 4) is 0 Å². The molecule has 1 aliphatic rings. The Morgan fingerprint density at radius 3 is 1.33 bits per heavy atom. The van der Waals surface area contributed by atoms with Crippen molar-refractivity contribution < 1.29 is 0 Å². The molecule has 1 saturated carbocycles. The Balaban J connectivity index is 1.38. The molecule has 0 bridgehead atoms. The van der Waals surface area contributed by atoms with Crippen LogP contribution in [0.15, 0.2) is 48.5 Å². The molecule has 2 aromatic rings. The highest BCUT2D eigenvalue weighted by molar-refractivity contribution is 7.47. The van der Waals surface area contributed by atoms with Crippen molar-refractivity contribution in [2.45, 2.75) is 117 Å². The van der Waals surface area contributed by atoms with Crippen molar-refractivity contribution in [1.29, 1.82) is 0 Å². The zero-order valence-electron chi connectivity index (χ0n) is 23.5. The average molecular weight is 525 g/mol. The van der Waals surface area contributed by atoms with Crippen molar-refractivity contribution in [3.05, 3.63) is 59.7 Å². The SMILES string of the molecule is CCCCCCCCc1ccccc1PCC1CCC1CPc1ccccc1CCCCCCCC. The zero-order chi connectivity index (χ0) is 25.3. The molecule has 4 atom stereocenters. The van der Waals surface area contributed by atoms with Crippen molar-refractivity contribution >= 4 is 27.8 Å². The second-order valence-corrected chi connectivity index (χ2v) is 13.8.